The molecule has 4 N–H and O–H groups in total. The van der Waals surface area contributed by atoms with Crippen molar-refractivity contribution < 1.29 is 5.11 Å². The number of hydrogen-bond donors (Lipinski definition) is 3. The summed E-state index contributed by atoms with van der Waals surface area (Å²) in [5.74, 6) is 0. The number of rotatable bonds is 3. The van der Waals surface area contributed by atoms with E-state index in [1.54, 1.807) is 0 Å². The lowest BCUT2D eigenvalue weighted by Gasteiger charge is -2.23. The van der Waals surface area contributed by atoms with Gasteiger partial charge in [0.05, 0.1) is 6.10 Å². The van der Waals surface area contributed by atoms with E-state index in [-0.39, 0.29) is 5.54 Å². The van der Waals surface area contributed by atoms with Gasteiger partial charge in [-0.25, -0.2) is 0 Å². The Balaban J connectivity index is 2.66. The summed E-state index contributed by atoms with van der Waals surface area (Å²) in [6, 6.07) is 5.69. The van der Waals surface area contributed by atoms with Gasteiger partial charge in [-0.1, -0.05) is 12.1 Å². The zero-order valence-electron chi connectivity index (χ0n) is 10.5. The van der Waals surface area contributed by atoms with Crippen LogP contribution in [0.2, 0.25) is 0 Å². The van der Waals surface area contributed by atoms with E-state index in [0.29, 0.717) is 6.54 Å². The van der Waals surface area contributed by atoms with Gasteiger partial charge < -0.3 is 16.2 Å². The number of anilines is 1. The summed E-state index contributed by atoms with van der Waals surface area (Å²) in [6.07, 6.45) is -0.512. The van der Waals surface area contributed by atoms with Gasteiger partial charge in [-0.2, -0.15) is 0 Å². The highest BCUT2D eigenvalue weighted by Gasteiger charge is 2.13. The minimum atomic E-state index is -0.512. The lowest BCUT2D eigenvalue weighted by Crippen LogP contribution is -2.38. The Morgan fingerprint density at radius 1 is 1.38 bits per heavy atom. The molecule has 0 heterocycles. The maximum absolute atomic E-state index is 9.98. The average molecular weight is 222 g/mol. The van der Waals surface area contributed by atoms with Gasteiger partial charge in [0.15, 0.2) is 0 Å². The zero-order valence-corrected chi connectivity index (χ0v) is 10.5. The SMILES string of the molecule is Cc1ccc(C(O)CNC(C)(C)C)cc1N. The van der Waals surface area contributed by atoms with Crippen molar-refractivity contribution in [2.24, 2.45) is 0 Å². The fourth-order valence-electron chi connectivity index (χ4n) is 1.39. The molecule has 1 rings (SSSR count). The molecule has 1 unspecified atom stereocenters. The molecule has 0 aromatic heterocycles. The van der Waals surface area contributed by atoms with Crippen molar-refractivity contribution in [2.45, 2.75) is 39.3 Å². The molecule has 0 aliphatic rings. The Morgan fingerprint density at radius 3 is 2.50 bits per heavy atom. The van der Waals surface area contributed by atoms with Crippen molar-refractivity contribution in [3.05, 3.63) is 29.3 Å². The van der Waals surface area contributed by atoms with E-state index in [1.165, 1.54) is 0 Å². The molecule has 90 valence electrons. The van der Waals surface area contributed by atoms with Gasteiger partial charge in [0.1, 0.15) is 0 Å². The Labute approximate surface area is 97.7 Å². The first-order chi connectivity index (χ1) is 7.29. The van der Waals surface area contributed by atoms with Crippen molar-refractivity contribution in [1.82, 2.24) is 5.32 Å². The maximum atomic E-state index is 9.98. The molecule has 1 aromatic rings. The minimum Gasteiger partial charge on any atom is -0.399 e. The molecule has 0 fully saturated rings. The van der Waals surface area contributed by atoms with Crippen molar-refractivity contribution in [3.63, 3.8) is 0 Å². The van der Waals surface area contributed by atoms with Crippen LogP contribution in [-0.4, -0.2) is 17.2 Å². The first kappa shape index (κ1) is 13.0. The van der Waals surface area contributed by atoms with Crippen LogP contribution in [0.4, 0.5) is 5.69 Å². The summed E-state index contributed by atoms with van der Waals surface area (Å²) >= 11 is 0. The molecule has 0 spiro atoms. The van der Waals surface area contributed by atoms with Crippen molar-refractivity contribution in [3.8, 4) is 0 Å². The number of nitrogens with two attached hydrogens (primary N) is 1. The highest BCUT2D eigenvalue weighted by Crippen LogP contribution is 2.19. The van der Waals surface area contributed by atoms with Gasteiger partial charge in [0, 0.05) is 17.8 Å². The van der Waals surface area contributed by atoms with Crippen molar-refractivity contribution in [1.29, 1.82) is 0 Å². The summed E-state index contributed by atoms with van der Waals surface area (Å²) in [5, 5.41) is 13.2. The highest BCUT2D eigenvalue weighted by atomic mass is 16.3. The number of nitrogen functional groups attached to an aromatic ring is 1. The molecule has 0 saturated carbocycles. The van der Waals surface area contributed by atoms with Gasteiger partial charge >= 0.3 is 0 Å². The highest BCUT2D eigenvalue weighted by molar-refractivity contribution is 5.48. The molecule has 0 aliphatic heterocycles. The molecule has 0 aliphatic carbocycles. The van der Waals surface area contributed by atoms with Crippen LogP contribution in [0.5, 0.6) is 0 Å². The van der Waals surface area contributed by atoms with Crippen LogP contribution in [-0.2, 0) is 0 Å². The molecule has 0 amide bonds. The van der Waals surface area contributed by atoms with Gasteiger partial charge in [-0.15, -0.1) is 0 Å². The quantitative estimate of drug-likeness (QED) is 0.686. The molecule has 1 atom stereocenters. The largest absolute Gasteiger partial charge is 0.399 e. The van der Waals surface area contributed by atoms with Crippen LogP contribution in [0.25, 0.3) is 0 Å². The van der Waals surface area contributed by atoms with E-state index in [1.807, 2.05) is 25.1 Å². The van der Waals surface area contributed by atoms with Crippen LogP contribution >= 0.6 is 0 Å². The Morgan fingerprint density at radius 2 is 2.00 bits per heavy atom. The number of aliphatic hydroxyl groups is 1. The number of β-amino-alcohol motifs (C(OH)–C–C–N with tert-alkyl or cyclic N) is 1. The third-order valence-electron chi connectivity index (χ3n) is 2.51. The first-order valence-electron chi connectivity index (χ1n) is 5.59. The monoisotopic (exact) mass is 222 g/mol. The van der Waals surface area contributed by atoms with Gasteiger partial charge in [-0.3, -0.25) is 0 Å². The van der Waals surface area contributed by atoms with Crippen LogP contribution in [0.15, 0.2) is 18.2 Å². The second-order valence-corrected chi connectivity index (χ2v) is 5.26. The molecule has 3 nitrogen and oxygen atoms in total. The maximum Gasteiger partial charge on any atom is 0.0915 e. The topological polar surface area (TPSA) is 58.3 Å². The Bertz CT molecular complexity index is 355. The Hall–Kier alpha value is -1.06. The number of aliphatic hydroxyl groups excluding tert-OH is 1. The number of benzene rings is 1. The Kier molecular flexibility index (Phi) is 3.94. The number of aryl methyl sites for hydroxylation is 1. The van der Waals surface area contributed by atoms with Crippen molar-refractivity contribution >= 4 is 5.69 Å². The second kappa shape index (κ2) is 4.85. The third-order valence-corrected chi connectivity index (χ3v) is 2.51. The zero-order chi connectivity index (χ0) is 12.3. The van der Waals surface area contributed by atoms with Crippen LogP contribution < -0.4 is 11.1 Å². The summed E-state index contributed by atoms with van der Waals surface area (Å²) in [7, 11) is 0. The van der Waals surface area contributed by atoms with E-state index in [0.717, 1.165) is 16.8 Å². The van der Waals surface area contributed by atoms with Gasteiger partial charge in [-0.05, 0) is 44.9 Å². The molecule has 0 bridgehead atoms. The molecule has 3 heteroatoms. The third kappa shape index (κ3) is 3.83. The fraction of sp³-hybridized carbons (Fsp3) is 0.538. The first-order valence-corrected chi connectivity index (χ1v) is 5.59. The van der Waals surface area contributed by atoms with E-state index in [2.05, 4.69) is 26.1 Å². The lowest BCUT2D eigenvalue weighted by molar-refractivity contribution is 0.163. The predicted octanol–water partition coefficient (Wildman–Crippen LogP) is 2.00. The number of nitrogens with one attached hydrogen (secondary N) is 1. The van der Waals surface area contributed by atoms with Crippen LogP contribution in [0.3, 0.4) is 0 Å². The number of hydrogen-bond acceptors (Lipinski definition) is 3. The van der Waals surface area contributed by atoms with Crippen LogP contribution in [0.1, 0.15) is 38.0 Å². The predicted molar refractivity (Wildman–Crippen MR) is 68.3 cm³/mol. The lowest BCUT2D eigenvalue weighted by atomic mass is 10.0. The van der Waals surface area contributed by atoms with E-state index in [4.69, 9.17) is 5.73 Å². The fourth-order valence-corrected chi connectivity index (χ4v) is 1.39. The molecule has 16 heavy (non-hydrogen) atoms. The van der Waals surface area contributed by atoms with Gasteiger partial charge in [0.2, 0.25) is 0 Å². The molecule has 0 radical (unpaired) electrons. The van der Waals surface area contributed by atoms with Crippen LogP contribution in [0, 0.1) is 6.92 Å². The van der Waals surface area contributed by atoms with Crippen molar-refractivity contribution in [2.75, 3.05) is 12.3 Å². The molecular weight excluding hydrogens is 200 g/mol. The molecule has 0 saturated heterocycles. The summed E-state index contributed by atoms with van der Waals surface area (Å²) < 4.78 is 0. The average Bonchev–Trinajstić information content (AvgIpc) is 2.17. The summed E-state index contributed by atoms with van der Waals surface area (Å²) in [5.41, 5.74) is 8.45. The van der Waals surface area contributed by atoms with E-state index < -0.39 is 6.10 Å². The minimum absolute atomic E-state index is 0.0111. The molecular formula is C13H22N2O. The normalized spacial score (nSPS) is 13.8. The van der Waals surface area contributed by atoms with E-state index in [9.17, 15) is 5.11 Å². The van der Waals surface area contributed by atoms with Gasteiger partial charge in [0.25, 0.3) is 0 Å². The second-order valence-electron chi connectivity index (χ2n) is 5.26. The molecule has 1 aromatic carbocycles. The standard InChI is InChI=1S/C13H22N2O/c1-9-5-6-10(7-11(9)14)12(16)8-15-13(2,3)4/h5-7,12,15-16H,8,14H2,1-4H3. The summed E-state index contributed by atoms with van der Waals surface area (Å²) in [4.78, 5) is 0. The van der Waals surface area contributed by atoms with E-state index >= 15 is 0 Å². The summed E-state index contributed by atoms with van der Waals surface area (Å²) in [6.45, 7) is 8.71. The smallest absolute Gasteiger partial charge is 0.0915 e.